The van der Waals surface area contributed by atoms with Gasteiger partial charge in [0.2, 0.25) is 0 Å². The molecule has 0 amide bonds. The number of aromatic nitrogens is 2. The van der Waals surface area contributed by atoms with Gasteiger partial charge in [0, 0.05) is 31.2 Å². The molecule has 1 unspecified atom stereocenters. The van der Waals surface area contributed by atoms with Crippen LogP contribution in [0.1, 0.15) is 18.7 Å². The number of nitrogens with two attached hydrogens (primary N) is 1. The minimum atomic E-state index is 0.713. The van der Waals surface area contributed by atoms with E-state index >= 15 is 0 Å². The summed E-state index contributed by atoms with van der Waals surface area (Å²) in [6.07, 6.45) is 3.60. The zero-order chi connectivity index (χ0) is 14.8. The lowest BCUT2D eigenvalue weighted by atomic mass is 10.2. The number of benzene rings is 1. The standard InChI is InChI=1S/C16H25N5/c1-20(11-13-4-3-8-21(13)2)9-7-16-18-14-6-5-12(17)10-15(14)19-16/h5-6,10,13H,3-4,7-9,11,17H2,1-2H3,(H,18,19). The number of likely N-dealkylation sites (tertiary alicyclic amines) is 1. The molecule has 0 saturated carbocycles. The first-order valence-electron chi connectivity index (χ1n) is 7.75. The maximum absolute atomic E-state index is 5.80. The molecular weight excluding hydrogens is 262 g/mol. The Labute approximate surface area is 126 Å². The Kier molecular flexibility index (Phi) is 4.12. The minimum Gasteiger partial charge on any atom is -0.399 e. The van der Waals surface area contributed by atoms with Gasteiger partial charge in [-0.05, 0) is 51.7 Å². The van der Waals surface area contributed by atoms with Crippen LogP contribution in [0.2, 0.25) is 0 Å². The van der Waals surface area contributed by atoms with E-state index in [1.165, 1.54) is 19.4 Å². The van der Waals surface area contributed by atoms with Crippen LogP contribution in [0.5, 0.6) is 0 Å². The average molecular weight is 287 g/mol. The fourth-order valence-corrected chi connectivity index (χ4v) is 3.16. The van der Waals surface area contributed by atoms with E-state index in [0.29, 0.717) is 6.04 Å². The van der Waals surface area contributed by atoms with Crippen molar-refractivity contribution in [3.8, 4) is 0 Å². The summed E-state index contributed by atoms with van der Waals surface area (Å²) in [5.41, 5.74) is 8.60. The molecule has 1 aromatic carbocycles. The van der Waals surface area contributed by atoms with Crippen molar-refractivity contribution >= 4 is 16.7 Å². The number of aromatic amines is 1. The summed E-state index contributed by atoms with van der Waals surface area (Å²) in [5, 5.41) is 0. The van der Waals surface area contributed by atoms with Crippen LogP contribution in [-0.2, 0) is 6.42 Å². The molecule has 1 atom stereocenters. The van der Waals surface area contributed by atoms with Crippen LogP contribution in [-0.4, -0.2) is 59.5 Å². The Morgan fingerprint density at radius 2 is 2.33 bits per heavy atom. The first-order chi connectivity index (χ1) is 10.1. The van der Waals surface area contributed by atoms with Gasteiger partial charge in [-0.2, -0.15) is 0 Å². The lowest BCUT2D eigenvalue weighted by Gasteiger charge is -2.25. The number of nitrogens with one attached hydrogen (secondary N) is 1. The number of imidazole rings is 1. The predicted octanol–water partition coefficient (Wildman–Crippen LogP) is 1.71. The van der Waals surface area contributed by atoms with Crippen molar-refractivity contribution in [2.45, 2.75) is 25.3 Å². The van der Waals surface area contributed by atoms with Crippen molar-refractivity contribution in [1.29, 1.82) is 0 Å². The minimum absolute atomic E-state index is 0.713. The molecule has 5 nitrogen and oxygen atoms in total. The highest BCUT2D eigenvalue weighted by Gasteiger charge is 2.21. The number of nitrogen functional groups attached to an aromatic ring is 1. The number of fused-ring (bicyclic) bond motifs is 1. The molecule has 0 spiro atoms. The number of anilines is 1. The van der Waals surface area contributed by atoms with Gasteiger partial charge < -0.3 is 20.5 Å². The third-order valence-electron chi connectivity index (χ3n) is 4.48. The Bertz CT molecular complexity index is 606. The quantitative estimate of drug-likeness (QED) is 0.822. The third kappa shape index (κ3) is 3.36. The molecule has 1 saturated heterocycles. The molecule has 3 N–H and O–H groups in total. The molecule has 2 aromatic rings. The number of hydrogen-bond acceptors (Lipinski definition) is 4. The maximum atomic E-state index is 5.80. The molecular formula is C16H25N5. The van der Waals surface area contributed by atoms with E-state index < -0.39 is 0 Å². The second-order valence-electron chi connectivity index (χ2n) is 6.25. The van der Waals surface area contributed by atoms with Crippen LogP contribution in [0.3, 0.4) is 0 Å². The van der Waals surface area contributed by atoms with Crippen LogP contribution in [0, 0.1) is 0 Å². The molecule has 21 heavy (non-hydrogen) atoms. The van der Waals surface area contributed by atoms with Crippen LogP contribution < -0.4 is 5.73 Å². The number of rotatable bonds is 5. The zero-order valence-electron chi connectivity index (χ0n) is 13.0. The van der Waals surface area contributed by atoms with Crippen LogP contribution in [0.15, 0.2) is 18.2 Å². The molecule has 2 heterocycles. The van der Waals surface area contributed by atoms with Gasteiger partial charge in [-0.3, -0.25) is 0 Å². The van der Waals surface area contributed by atoms with Gasteiger partial charge in [0.1, 0.15) is 5.82 Å². The van der Waals surface area contributed by atoms with E-state index in [-0.39, 0.29) is 0 Å². The van der Waals surface area contributed by atoms with Crippen LogP contribution >= 0.6 is 0 Å². The fraction of sp³-hybridized carbons (Fsp3) is 0.562. The highest BCUT2D eigenvalue weighted by atomic mass is 15.2. The van der Waals surface area contributed by atoms with Gasteiger partial charge in [-0.1, -0.05) is 0 Å². The van der Waals surface area contributed by atoms with E-state index in [1.54, 1.807) is 0 Å². The first-order valence-corrected chi connectivity index (χ1v) is 7.75. The van der Waals surface area contributed by atoms with Gasteiger partial charge in [-0.15, -0.1) is 0 Å². The Morgan fingerprint density at radius 3 is 3.10 bits per heavy atom. The zero-order valence-corrected chi connectivity index (χ0v) is 13.0. The highest BCUT2D eigenvalue weighted by molar-refractivity contribution is 5.78. The van der Waals surface area contributed by atoms with Crippen molar-refractivity contribution in [1.82, 2.24) is 19.8 Å². The molecule has 5 heteroatoms. The summed E-state index contributed by atoms with van der Waals surface area (Å²) < 4.78 is 0. The summed E-state index contributed by atoms with van der Waals surface area (Å²) in [6, 6.07) is 6.53. The summed E-state index contributed by atoms with van der Waals surface area (Å²) in [5.74, 6) is 1.04. The van der Waals surface area contributed by atoms with Gasteiger partial charge in [0.25, 0.3) is 0 Å². The van der Waals surface area contributed by atoms with Gasteiger partial charge >= 0.3 is 0 Å². The van der Waals surface area contributed by atoms with E-state index in [1.807, 2.05) is 18.2 Å². The molecule has 114 valence electrons. The molecule has 0 bridgehead atoms. The number of nitrogens with zero attached hydrogens (tertiary/aromatic N) is 3. The van der Waals surface area contributed by atoms with Gasteiger partial charge in [0.05, 0.1) is 11.0 Å². The number of H-pyrrole nitrogens is 1. The van der Waals surface area contributed by atoms with E-state index in [2.05, 4.69) is 33.9 Å². The van der Waals surface area contributed by atoms with Crippen LogP contribution in [0.4, 0.5) is 5.69 Å². The Balaban J connectivity index is 1.55. The smallest absolute Gasteiger partial charge is 0.108 e. The number of likely N-dealkylation sites (N-methyl/N-ethyl adjacent to an activating group) is 2. The topological polar surface area (TPSA) is 61.2 Å². The maximum Gasteiger partial charge on any atom is 0.108 e. The van der Waals surface area contributed by atoms with Gasteiger partial charge in [0.15, 0.2) is 0 Å². The molecule has 1 fully saturated rings. The lowest BCUT2D eigenvalue weighted by Crippen LogP contribution is -2.37. The SMILES string of the molecule is CN(CCc1nc2ccc(N)cc2[nH]1)CC1CCCN1C. The second kappa shape index (κ2) is 6.03. The largest absolute Gasteiger partial charge is 0.399 e. The average Bonchev–Trinajstić information content (AvgIpc) is 3.02. The normalized spacial score (nSPS) is 19.9. The summed E-state index contributed by atoms with van der Waals surface area (Å²) >= 11 is 0. The van der Waals surface area contributed by atoms with E-state index in [9.17, 15) is 0 Å². The van der Waals surface area contributed by atoms with Crippen LogP contribution in [0.25, 0.3) is 11.0 Å². The molecule has 3 rings (SSSR count). The monoisotopic (exact) mass is 287 g/mol. The number of hydrogen-bond donors (Lipinski definition) is 2. The Hall–Kier alpha value is -1.59. The van der Waals surface area contributed by atoms with Crippen molar-refractivity contribution < 1.29 is 0 Å². The first kappa shape index (κ1) is 14.4. The van der Waals surface area contributed by atoms with E-state index in [0.717, 1.165) is 42.1 Å². The van der Waals surface area contributed by atoms with Gasteiger partial charge in [-0.25, -0.2) is 4.98 Å². The third-order valence-corrected chi connectivity index (χ3v) is 4.48. The van der Waals surface area contributed by atoms with Crippen molar-refractivity contribution in [2.24, 2.45) is 0 Å². The summed E-state index contributed by atoms with van der Waals surface area (Å²) in [7, 11) is 4.43. The fourth-order valence-electron chi connectivity index (χ4n) is 3.16. The molecule has 1 aromatic heterocycles. The highest BCUT2D eigenvalue weighted by Crippen LogP contribution is 2.17. The van der Waals surface area contributed by atoms with Crippen molar-refractivity contribution in [3.63, 3.8) is 0 Å². The van der Waals surface area contributed by atoms with Crippen molar-refractivity contribution in [3.05, 3.63) is 24.0 Å². The molecule has 0 radical (unpaired) electrons. The van der Waals surface area contributed by atoms with E-state index in [4.69, 9.17) is 5.73 Å². The molecule has 1 aliphatic rings. The van der Waals surface area contributed by atoms with Crippen molar-refractivity contribution in [2.75, 3.05) is 39.5 Å². The summed E-state index contributed by atoms with van der Waals surface area (Å²) in [6.45, 7) is 3.41. The summed E-state index contributed by atoms with van der Waals surface area (Å²) in [4.78, 5) is 12.9. The Morgan fingerprint density at radius 1 is 1.48 bits per heavy atom. The molecule has 1 aliphatic heterocycles. The molecule has 0 aliphatic carbocycles. The lowest BCUT2D eigenvalue weighted by molar-refractivity contribution is 0.221. The second-order valence-corrected chi connectivity index (χ2v) is 6.25. The predicted molar refractivity (Wildman–Crippen MR) is 87.4 cm³/mol.